The molecule has 3 rings (SSSR count). The molecule has 0 atom stereocenters. The average Bonchev–Trinajstić information content (AvgIpc) is 3.17. The van der Waals surface area contributed by atoms with Crippen LogP contribution in [-0.2, 0) is 6.42 Å². The van der Waals surface area contributed by atoms with Gasteiger partial charge in [-0.25, -0.2) is 4.98 Å². The molecule has 2 aromatic carbocycles. The maximum absolute atomic E-state index is 5.73. The lowest BCUT2D eigenvalue weighted by Crippen LogP contribution is -2.39. The predicted molar refractivity (Wildman–Crippen MR) is 132 cm³/mol. The molecular formula is C22H30IN5O2. The van der Waals surface area contributed by atoms with Crippen molar-refractivity contribution in [3.05, 3.63) is 54.4 Å². The van der Waals surface area contributed by atoms with Gasteiger partial charge in [0.2, 0.25) is 0 Å². The fourth-order valence-electron chi connectivity index (χ4n) is 2.91. The quantitative estimate of drug-likeness (QED) is 0.163. The Kier molecular flexibility index (Phi) is 10.3. The summed E-state index contributed by atoms with van der Waals surface area (Å²) in [4.78, 5) is 12.6. The molecule has 0 unspecified atom stereocenters. The molecule has 3 aromatic rings. The van der Waals surface area contributed by atoms with Gasteiger partial charge < -0.3 is 25.1 Å². The minimum absolute atomic E-state index is 0. The van der Waals surface area contributed by atoms with Gasteiger partial charge in [-0.3, -0.25) is 4.99 Å². The van der Waals surface area contributed by atoms with Gasteiger partial charge in [-0.2, -0.15) is 0 Å². The largest absolute Gasteiger partial charge is 0.497 e. The van der Waals surface area contributed by atoms with Crippen molar-refractivity contribution in [2.45, 2.75) is 19.8 Å². The second kappa shape index (κ2) is 12.9. The number of fused-ring (bicyclic) bond motifs is 1. The molecule has 0 saturated heterocycles. The van der Waals surface area contributed by atoms with E-state index >= 15 is 0 Å². The summed E-state index contributed by atoms with van der Waals surface area (Å²) in [6.45, 7) is 4.82. The van der Waals surface area contributed by atoms with Crippen molar-refractivity contribution in [2.75, 3.05) is 33.4 Å². The minimum atomic E-state index is 0. The molecule has 0 bridgehead atoms. The van der Waals surface area contributed by atoms with Crippen LogP contribution in [0.2, 0.25) is 0 Å². The van der Waals surface area contributed by atoms with Crippen molar-refractivity contribution in [2.24, 2.45) is 4.99 Å². The van der Waals surface area contributed by atoms with Crippen LogP contribution in [0, 0.1) is 0 Å². The average molecular weight is 523 g/mol. The third kappa shape index (κ3) is 7.40. The van der Waals surface area contributed by atoms with Crippen LogP contribution in [-0.4, -0.2) is 49.3 Å². The van der Waals surface area contributed by atoms with Gasteiger partial charge in [-0.15, -0.1) is 24.0 Å². The van der Waals surface area contributed by atoms with Crippen LogP contribution in [0.25, 0.3) is 11.0 Å². The fourth-order valence-corrected chi connectivity index (χ4v) is 2.91. The molecule has 0 radical (unpaired) electrons. The van der Waals surface area contributed by atoms with Gasteiger partial charge in [0.15, 0.2) is 5.96 Å². The van der Waals surface area contributed by atoms with Crippen LogP contribution in [0.3, 0.4) is 0 Å². The Hall–Kier alpha value is -2.49. The highest BCUT2D eigenvalue weighted by Crippen LogP contribution is 2.16. The molecule has 0 aliphatic heterocycles. The number of halogens is 1. The smallest absolute Gasteiger partial charge is 0.191 e. The first kappa shape index (κ1) is 23.8. The Bertz CT molecular complexity index is 878. The zero-order valence-corrected chi connectivity index (χ0v) is 19.8. The lowest BCUT2D eigenvalue weighted by molar-refractivity contribution is 0.321. The molecule has 7 nitrogen and oxygen atoms in total. The summed E-state index contributed by atoms with van der Waals surface area (Å²) < 4.78 is 10.9. The van der Waals surface area contributed by atoms with Crippen LogP contribution in [0.4, 0.5) is 0 Å². The number of ether oxygens (including phenoxy) is 2. The van der Waals surface area contributed by atoms with E-state index in [0.29, 0.717) is 13.2 Å². The summed E-state index contributed by atoms with van der Waals surface area (Å²) in [5.41, 5.74) is 2.09. The second-order valence-corrected chi connectivity index (χ2v) is 6.52. The number of aryl methyl sites for hydroxylation is 1. The van der Waals surface area contributed by atoms with Gasteiger partial charge in [0.25, 0.3) is 0 Å². The van der Waals surface area contributed by atoms with Gasteiger partial charge in [-0.05, 0) is 49.7 Å². The van der Waals surface area contributed by atoms with E-state index in [1.807, 2.05) is 48.5 Å². The van der Waals surface area contributed by atoms with Crippen LogP contribution < -0.4 is 20.1 Å². The zero-order chi connectivity index (χ0) is 20.3. The standard InChI is InChI=1S/C22H29N5O2.HI/c1-3-23-22(25-15-16-29-18-12-10-17(28-2)11-13-18)24-14-6-9-21-26-19-7-4-5-8-20(19)27-21;/h4-5,7-8,10-13H,3,6,9,14-16H2,1-2H3,(H,26,27)(H2,23,24,25);1H. The molecule has 1 aromatic heterocycles. The third-order valence-corrected chi connectivity index (χ3v) is 4.35. The van der Waals surface area contributed by atoms with Gasteiger partial charge in [0.1, 0.15) is 23.9 Å². The number of para-hydroxylation sites is 2. The molecule has 0 fully saturated rings. The summed E-state index contributed by atoms with van der Waals surface area (Å²) in [7, 11) is 1.65. The monoisotopic (exact) mass is 523 g/mol. The lowest BCUT2D eigenvalue weighted by Gasteiger charge is -2.12. The number of aromatic amines is 1. The molecule has 30 heavy (non-hydrogen) atoms. The van der Waals surface area contributed by atoms with Gasteiger partial charge in [0.05, 0.1) is 24.7 Å². The van der Waals surface area contributed by atoms with Crippen molar-refractivity contribution < 1.29 is 9.47 Å². The van der Waals surface area contributed by atoms with Crippen LogP contribution in [0.1, 0.15) is 19.2 Å². The van der Waals surface area contributed by atoms with Gasteiger partial charge >= 0.3 is 0 Å². The maximum Gasteiger partial charge on any atom is 0.191 e. The number of methoxy groups -OCH3 is 1. The Morgan fingerprint density at radius 2 is 1.83 bits per heavy atom. The van der Waals surface area contributed by atoms with E-state index in [4.69, 9.17) is 9.47 Å². The number of guanidine groups is 1. The SMILES string of the molecule is CCNC(=NCCCc1nc2ccccc2[nH]1)NCCOc1ccc(OC)cc1.I. The zero-order valence-electron chi connectivity index (χ0n) is 17.5. The Labute approximate surface area is 194 Å². The number of hydrogen-bond acceptors (Lipinski definition) is 4. The van der Waals surface area contributed by atoms with Crippen molar-refractivity contribution in [1.29, 1.82) is 0 Å². The molecule has 0 aliphatic rings. The highest BCUT2D eigenvalue weighted by molar-refractivity contribution is 14.0. The molecule has 8 heteroatoms. The minimum Gasteiger partial charge on any atom is -0.497 e. The highest BCUT2D eigenvalue weighted by Gasteiger charge is 2.02. The number of imidazole rings is 1. The van der Waals surface area contributed by atoms with E-state index in [9.17, 15) is 0 Å². The van der Waals surface area contributed by atoms with Crippen molar-refractivity contribution >= 4 is 41.0 Å². The topological polar surface area (TPSA) is 83.6 Å². The predicted octanol–water partition coefficient (Wildman–Crippen LogP) is 3.76. The van der Waals surface area contributed by atoms with E-state index in [0.717, 1.165) is 60.2 Å². The van der Waals surface area contributed by atoms with Crippen LogP contribution >= 0.6 is 24.0 Å². The van der Waals surface area contributed by atoms with Crippen molar-refractivity contribution in [1.82, 2.24) is 20.6 Å². The Morgan fingerprint density at radius 1 is 1.07 bits per heavy atom. The number of nitrogens with one attached hydrogen (secondary N) is 3. The van der Waals surface area contributed by atoms with Crippen molar-refractivity contribution in [3.8, 4) is 11.5 Å². The highest BCUT2D eigenvalue weighted by atomic mass is 127. The number of aliphatic imine (C=N–C) groups is 1. The number of rotatable bonds is 10. The summed E-state index contributed by atoms with van der Waals surface area (Å²) in [6, 6.07) is 15.7. The number of H-pyrrole nitrogens is 1. The first-order valence-corrected chi connectivity index (χ1v) is 10.0. The van der Waals surface area contributed by atoms with Gasteiger partial charge in [-0.1, -0.05) is 12.1 Å². The first-order valence-electron chi connectivity index (χ1n) is 10.0. The van der Waals surface area contributed by atoms with E-state index < -0.39 is 0 Å². The van der Waals surface area contributed by atoms with Crippen LogP contribution in [0.5, 0.6) is 11.5 Å². The number of hydrogen-bond donors (Lipinski definition) is 3. The second-order valence-electron chi connectivity index (χ2n) is 6.52. The third-order valence-electron chi connectivity index (χ3n) is 4.35. The molecule has 0 amide bonds. The maximum atomic E-state index is 5.73. The number of nitrogens with zero attached hydrogens (tertiary/aromatic N) is 2. The normalized spacial score (nSPS) is 11.1. The van der Waals surface area contributed by atoms with E-state index in [1.54, 1.807) is 7.11 Å². The van der Waals surface area contributed by atoms with E-state index in [2.05, 4.69) is 32.5 Å². The summed E-state index contributed by atoms with van der Waals surface area (Å²) in [5.74, 6) is 3.45. The van der Waals surface area contributed by atoms with Crippen LogP contribution in [0.15, 0.2) is 53.5 Å². The molecule has 0 spiro atoms. The summed E-state index contributed by atoms with van der Waals surface area (Å²) in [6.07, 6.45) is 1.80. The molecule has 162 valence electrons. The number of aromatic nitrogens is 2. The van der Waals surface area contributed by atoms with Crippen molar-refractivity contribution in [3.63, 3.8) is 0 Å². The van der Waals surface area contributed by atoms with Gasteiger partial charge in [0, 0.05) is 19.5 Å². The Morgan fingerprint density at radius 3 is 2.57 bits per heavy atom. The number of benzene rings is 2. The lowest BCUT2D eigenvalue weighted by atomic mass is 10.3. The fraction of sp³-hybridized carbons (Fsp3) is 0.364. The molecule has 3 N–H and O–H groups in total. The van der Waals surface area contributed by atoms with E-state index in [-0.39, 0.29) is 24.0 Å². The summed E-state index contributed by atoms with van der Waals surface area (Å²) in [5, 5.41) is 6.56. The summed E-state index contributed by atoms with van der Waals surface area (Å²) >= 11 is 0. The van der Waals surface area contributed by atoms with E-state index in [1.165, 1.54) is 0 Å². The first-order chi connectivity index (χ1) is 14.3. The molecular weight excluding hydrogens is 493 g/mol. The molecule has 0 aliphatic carbocycles. The molecule has 0 saturated carbocycles. The molecule has 1 heterocycles. The Balaban J connectivity index is 0.00000320.